The van der Waals surface area contributed by atoms with E-state index < -0.39 is 5.60 Å². The second-order valence-corrected chi connectivity index (χ2v) is 11.7. The predicted molar refractivity (Wildman–Crippen MR) is 176 cm³/mol. The molecule has 1 unspecified atom stereocenters. The van der Waals surface area contributed by atoms with Crippen molar-refractivity contribution in [2.24, 2.45) is 0 Å². The number of carbonyl (C=O) groups is 1. The van der Waals surface area contributed by atoms with E-state index in [0.717, 1.165) is 79.8 Å². The van der Waals surface area contributed by atoms with Crippen LogP contribution in [0.1, 0.15) is 86.0 Å². The average molecular weight is 591 g/mol. The molecule has 44 heavy (non-hydrogen) atoms. The summed E-state index contributed by atoms with van der Waals surface area (Å²) in [5.41, 5.74) is 5.35. The van der Waals surface area contributed by atoms with Crippen LogP contribution in [0.25, 0.3) is 11.3 Å². The van der Waals surface area contributed by atoms with Crippen LogP contribution in [-0.4, -0.2) is 42.1 Å². The SMILES string of the molecule is CCCCN(CCCC)c1nc2c(c(-c3ccc(C)cc3)n1)C1(OC(=O)c3ccccc31)c1ccc(N(CC)CC)cc1O2. The highest BCUT2D eigenvalue weighted by Gasteiger charge is 2.56. The molecule has 0 fully saturated rings. The van der Waals surface area contributed by atoms with Gasteiger partial charge < -0.3 is 19.3 Å². The molecule has 3 aromatic carbocycles. The van der Waals surface area contributed by atoms with E-state index in [1.54, 1.807) is 0 Å². The number of aryl methyl sites for hydroxylation is 1. The van der Waals surface area contributed by atoms with Crippen molar-refractivity contribution in [2.45, 2.75) is 65.9 Å². The molecule has 0 N–H and O–H groups in total. The maximum absolute atomic E-state index is 13.6. The van der Waals surface area contributed by atoms with E-state index in [1.807, 2.05) is 30.3 Å². The van der Waals surface area contributed by atoms with Gasteiger partial charge in [0.05, 0.1) is 16.8 Å². The lowest BCUT2D eigenvalue weighted by molar-refractivity contribution is 0.0222. The van der Waals surface area contributed by atoms with Crippen LogP contribution in [-0.2, 0) is 10.3 Å². The second-order valence-electron chi connectivity index (χ2n) is 11.7. The lowest BCUT2D eigenvalue weighted by Gasteiger charge is -2.38. The fourth-order valence-corrected chi connectivity index (χ4v) is 6.41. The van der Waals surface area contributed by atoms with Crippen molar-refractivity contribution >= 4 is 17.6 Å². The maximum Gasteiger partial charge on any atom is 0.340 e. The standard InChI is InChI=1S/C37H42N4O3/c1-6-10-22-41(23-11-7-2)36-38-33(26-18-16-25(5)17-19-26)32-34(39-36)43-31-24-27(40(8-3)9-4)20-21-30(31)37(32)29-15-13-12-14-28(29)35(42)44-37/h12-21,24H,6-11,22-23H2,1-5H3. The Morgan fingerprint density at radius 1 is 0.795 bits per heavy atom. The summed E-state index contributed by atoms with van der Waals surface area (Å²) in [6.07, 6.45) is 4.23. The molecule has 0 bridgehead atoms. The first-order valence-corrected chi connectivity index (χ1v) is 16.1. The molecule has 2 aliphatic heterocycles. The number of esters is 1. The minimum atomic E-state index is -1.26. The molecule has 0 radical (unpaired) electrons. The summed E-state index contributed by atoms with van der Waals surface area (Å²) >= 11 is 0. The van der Waals surface area contributed by atoms with Gasteiger partial charge in [0.15, 0.2) is 5.60 Å². The number of fused-ring (bicyclic) bond motifs is 6. The van der Waals surface area contributed by atoms with Gasteiger partial charge in [-0.15, -0.1) is 0 Å². The summed E-state index contributed by atoms with van der Waals surface area (Å²) in [4.78, 5) is 28.6. The zero-order valence-corrected chi connectivity index (χ0v) is 26.5. The molecule has 4 aromatic rings. The van der Waals surface area contributed by atoms with Gasteiger partial charge in [-0.25, -0.2) is 9.78 Å². The van der Waals surface area contributed by atoms with Crippen LogP contribution >= 0.6 is 0 Å². The van der Waals surface area contributed by atoms with Gasteiger partial charge in [-0.05, 0) is 51.8 Å². The van der Waals surface area contributed by atoms with E-state index in [9.17, 15) is 4.79 Å². The number of anilines is 2. The van der Waals surface area contributed by atoms with Crippen molar-refractivity contribution < 1.29 is 14.3 Å². The van der Waals surface area contributed by atoms with Crippen molar-refractivity contribution in [1.29, 1.82) is 0 Å². The highest BCUT2D eigenvalue weighted by atomic mass is 16.6. The van der Waals surface area contributed by atoms with E-state index in [-0.39, 0.29) is 5.97 Å². The number of rotatable bonds is 11. The summed E-state index contributed by atoms with van der Waals surface area (Å²) in [5.74, 6) is 1.34. The lowest BCUT2D eigenvalue weighted by atomic mass is 9.77. The normalized spacial score (nSPS) is 16.2. The third kappa shape index (κ3) is 4.98. The highest BCUT2D eigenvalue weighted by molar-refractivity contribution is 5.97. The molecule has 228 valence electrons. The van der Waals surface area contributed by atoms with E-state index in [4.69, 9.17) is 19.4 Å². The smallest absolute Gasteiger partial charge is 0.340 e. The van der Waals surface area contributed by atoms with Crippen molar-refractivity contribution in [2.75, 3.05) is 36.0 Å². The second kappa shape index (κ2) is 12.3. The molecule has 3 heterocycles. The maximum atomic E-state index is 13.6. The average Bonchev–Trinajstić information content (AvgIpc) is 3.33. The largest absolute Gasteiger partial charge is 0.440 e. The predicted octanol–water partition coefficient (Wildman–Crippen LogP) is 8.27. The van der Waals surface area contributed by atoms with Gasteiger partial charge in [-0.1, -0.05) is 74.7 Å². The first kappa shape index (κ1) is 29.7. The van der Waals surface area contributed by atoms with Crippen LogP contribution in [0.4, 0.5) is 11.6 Å². The molecule has 6 rings (SSSR count). The molecule has 1 atom stereocenters. The Balaban J connectivity index is 1.66. The number of hydrogen-bond donors (Lipinski definition) is 0. The van der Waals surface area contributed by atoms with Crippen LogP contribution in [0.15, 0.2) is 66.7 Å². The zero-order valence-electron chi connectivity index (χ0n) is 26.5. The first-order chi connectivity index (χ1) is 21.4. The van der Waals surface area contributed by atoms with Crippen LogP contribution in [0.3, 0.4) is 0 Å². The molecule has 0 aliphatic carbocycles. The number of carbonyl (C=O) groups excluding carboxylic acids is 1. The van der Waals surface area contributed by atoms with Gasteiger partial charge in [0.2, 0.25) is 11.8 Å². The Morgan fingerprint density at radius 2 is 1.50 bits per heavy atom. The molecular weight excluding hydrogens is 548 g/mol. The highest BCUT2D eigenvalue weighted by Crippen LogP contribution is 2.58. The Kier molecular flexibility index (Phi) is 8.30. The van der Waals surface area contributed by atoms with Gasteiger partial charge in [-0.2, -0.15) is 4.98 Å². The molecule has 1 spiro atoms. The minimum absolute atomic E-state index is 0.362. The molecule has 7 heteroatoms. The van der Waals surface area contributed by atoms with Gasteiger partial charge in [0.1, 0.15) is 5.75 Å². The van der Waals surface area contributed by atoms with Crippen LogP contribution < -0.4 is 14.5 Å². The van der Waals surface area contributed by atoms with Crippen molar-refractivity contribution in [1.82, 2.24) is 9.97 Å². The Labute approximate surface area is 260 Å². The molecule has 0 saturated heterocycles. The zero-order chi connectivity index (χ0) is 30.8. The molecule has 7 nitrogen and oxygen atoms in total. The van der Waals surface area contributed by atoms with Crippen LogP contribution in [0.5, 0.6) is 11.6 Å². The quantitative estimate of drug-likeness (QED) is 0.163. The number of unbranched alkanes of at least 4 members (excludes halogenated alkanes) is 2. The van der Waals surface area contributed by atoms with E-state index in [0.29, 0.717) is 34.4 Å². The lowest BCUT2D eigenvalue weighted by Crippen LogP contribution is -2.36. The first-order valence-electron chi connectivity index (χ1n) is 16.1. The summed E-state index contributed by atoms with van der Waals surface area (Å²) in [7, 11) is 0. The summed E-state index contributed by atoms with van der Waals surface area (Å²) in [5, 5.41) is 0. The fraction of sp³-hybridized carbons (Fsp3) is 0.378. The molecule has 2 aliphatic rings. The number of nitrogens with zero attached hydrogens (tertiary/aromatic N) is 4. The van der Waals surface area contributed by atoms with E-state index in [1.165, 1.54) is 0 Å². The minimum Gasteiger partial charge on any atom is -0.440 e. The topological polar surface area (TPSA) is 67.8 Å². The monoisotopic (exact) mass is 590 g/mol. The molecular formula is C37H42N4O3. The van der Waals surface area contributed by atoms with Crippen molar-refractivity contribution in [3.63, 3.8) is 0 Å². The molecule has 1 aromatic heterocycles. The summed E-state index contributed by atoms with van der Waals surface area (Å²) < 4.78 is 13.3. The summed E-state index contributed by atoms with van der Waals surface area (Å²) in [6, 6.07) is 22.2. The van der Waals surface area contributed by atoms with Crippen molar-refractivity contribution in [3.8, 4) is 22.9 Å². The van der Waals surface area contributed by atoms with Gasteiger partial charge in [0.25, 0.3) is 0 Å². The Morgan fingerprint density at radius 3 is 2.18 bits per heavy atom. The van der Waals surface area contributed by atoms with E-state index in [2.05, 4.69) is 80.8 Å². The third-order valence-electron chi connectivity index (χ3n) is 8.84. The number of hydrogen-bond acceptors (Lipinski definition) is 7. The number of aromatic nitrogens is 2. The Hall–Kier alpha value is -4.39. The van der Waals surface area contributed by atoms with Gasteiger partial charge >= 0.3 is 5.97 Å². The van der Waals surface area contributed by atoms with Gasteiger partial charge in [0, 0.05) is 54.6 Å². The van der Waals surface area contributed by atoms with Gasteiger partial charge in [-0.3, -0.25) is 0 Å². The van der Waals surface area contributed by atoms with Crippen LogP contribution in [0.2, 0.25) is 0 Å². The Bertz CT molecular complexity index is 1660. The van der Waals surface area contributed by atoms with Crippen LogP contribution in [0, 0.1) is 6.92 Å². The van der Waals surface area contributed by atoms with E-state index >= 15 is 0 Å². The molecule has 0 saturated carbocycles. The van der Waals surface area contributed by atoms with Crippen molar-refractivity contribution in [3.05, 3.63) is 94.5 Å². The third-order valence-corrected chi connectivity index (χ3v) is 8.84. The molecule has 0 amide bonds. The number of benzene rings is 3. The summed E-state index contributed by atoms with van der Waals surface area (Å²) in [6.45, 7) is 14.2. The number of ether oxygens (including phenoxy) is 2. The fourth-order valence-electron chi connectivity index (χ4n) is 6.41.